The van der Waals surface area contributed by atoms with Gasteiger partial charge in [-0.2, -0.15) is 0 Å². The van der Waals surface area contributed by atoms with Gasteiger partial charge in [-0.05, 0) is 98.7 Å². The molecule has 0 bridgehead atoms. The Bertz CT molecular complexity index is 494. The molecular weight excluding hydrogens is 298 g/mol. The lowest BCUT2D eigenvalue weighted by molar-refractivity contribution is -0.178. The molecule has 138 valence electrons. The van der Waals surface area contributed by atoms with Gasteiger partial charge in [0.25, 0.3) is 0 Å². The van der Waals surface area contributed by atoms with Crippen LogP contribution < -0.4 is 5.73 Å². The molecule has 3 nitrogen and oxygen atoms in total. The van der Waals surface area contributed by atoms with E-state index in [9.17, 15) is 10.2 Å². The Morgan fingerprint density at radius 3 is 2.46 bits per heavy atom. The van der Waals surface area contributed by atoms with Gasteiger partial charge in [0.15, 0.2) is 0 Å². The summed E-state index contributed by atoms with van der Waals surface area (Å²) in [5.41, 5.74) is 6.80. The van der Waals surface area contributed by atoms with Gasteiger partial charge in [0, 0.05) is 6.04 Å². The van der Waals surface area contributed by atoms with Crippen molar-refractivity contribution in [2.45, 2.75) is 90.4 Å². The van der Waals surface area contributed by atoms with Gasteiger partial charge in [-0.1, -0.05) is 13.8 Å². The minimum atomic E-state index is -0.182. The number of aliphatic hydroxyl groups excluding tert-OH is 2. The second-order valence-corrected chi connectivity index (χ2v) is 10.3. The quantitative estimate of drug-likeness (QED) is 0.688. The zero-order valence-electron chi connectivity index (χ0n) is 15.7. The first-order valence-electron chi connectivity index (χ1n) is 10.4. The van der Waals surface area contributed by atoms with Crippen molar-refractivity contribution in [2.24, 2.45) is 46.2 Å². The van der Waals surface area contributed by atoms with Crippen LogP contribution in [0.5, 0.6) is 0 Å². The molecule has 9 unspecified atom stereocenters. The monoisotopic (exact) mass is 335 g/mol. The number of hydrogen-bond donors (Lipinski definition) is 3. The fourth-order valence-electron chi connectivity index (χ4n) is 8.26. The second kappa shape index (κ2) is 5.69. The van der Waals surface area contributed by atoms with E-state index < -0.39 is 0 Å². The Morgan fingerprint density at radius 2 is 1.75 bits per heavy atom. The number of nitrogens with two attached hydrogens (primary N) is 1. The van der Waals surface area contributed by atoms with Gasteiger partial charge in [0.2, 0.25) is 0 Å². The van der Waals surface area contributed by atoms with Gasteiger partial charge in [-0.15, -0.1) is 0 Å². The van der Waals surface area contributed by atoms with E-state index in [1.165, 1.54) is 25.7 Å². The third-order valence-corrected chi connectivity index (χ3v) is 9.27. The molecule has 4 aliphatic carbocycles. The number of fused-ring (bicyclic) bond motifs is 5. The van der Waals surface area contributed by atoms with Crippen molar-refractivity contribution in [3.05, 3.63) is 0 Å². The molecule has 3 heteroatoms. The van der Waals surface area contributed by atoms with Crippen molar-refractivity contribution in [1.82, 2.24) is 0 Å². The van der Waals surface area contributed by atoms with E-state index in [1.54, 1.807) is 0 Å². The summed E-state index contributed by atoms with van der Waals surface area (Å²) < 4.78 is 0. The van der Waals surface area contributed by atoms with Crippen molar-refractivity contribution >= 4 is 0 Å². The Morgan fingerprint density at radius 1 is 1.00 bits per heavy atom. The molecule has 0 aliphatic heterocycles. The Balaban J connectivity index is 1.66. The molecule has 0 amide bonds. The summed E-state index contributed by atoms with van der Waals surface area (Å²) >= 11 is 0. The minimum Gasteiger partial charge on any atom is -0.393 e. The van der Waals surface area contributed by atoms with Crippen LogP contribution in [-0.4, -0.2) is 28.5 Å². The molecule has 0 saturated heterocycles. The van der Waals surface area contributed by atoms with E-state index in [-0.39, 0.29) is 29.1 Å². The molecule has 0 aromatic rings. The molecule has 0 aromatic heterocycles. The Hall–Kier alpha value is -0.120. The SMILES string of the molecule is CC(N)C1CCC2C3CCC4CC(O)CCC4(C)C3C(O)C[C@]12C. The third kappa shape index (κ3) is 2.27. The van der Waals surface area contributed by atoms with Gasteiger partial charge < -0.3 is 15.9 Å². The van der Waals surface area contributed by atoms with Crippen LogP contribution in [0.4, 0.5) is 0 Å². The van der Waals surface area contributed by atoms with Gasteiger partial charge in [-0.3, -0.25) is 0 Å². The largest absolute Gasteiger partial charge is 0.393 e. The van der Waals surface area contributed by atoms with Crippen LogP contribution in [-0.2, 0) is 0 Å². The van der Waals surface area contributed by atoms with Crippen LogP contribution >= 0.6 is 0 Å². The van der Waals surface area contributed by atoms with Gasteiger partial charge in [-0.25, -0.2) is 0 Å². The fourth-order valence-corrected chi connectivity index (χ4v) is 8.26. The number of hydrogen-bond acceptors (Lipinski definition) is 3. The molecule has 4 aliphatic rings. The topological polar surface area (TPSA) is 66.5 Å². The van der Waals surface area contributed by atoms with E-state index in [1.807, 2.05) is 0 Å². The Labute approximate surface area is 147 Å². The van der Waals surface area contributed by atoms with E-state index in [2.05, 4.69) is 20.8 Å². The van der Waals surface area contributed by atoms with Crippen LogP contribution in [0.25, 0.3) is 0 Å². The van der Waals surface area contributed by atoms with Crippen molar-refractivity contribution in [1.29, 1.82) is 0 Å². The first kappa shape index (κ1) is 17.3. The summed E-state index contributed by atoms with van der Waals surface area (Å²) in [7, 11) is 0. The normalized spacial score (nSPS) is 58.5. The molecule has 0 radical (unpaired) electrons. The molecule has 0 heterocycles. The van der Waals surface area contributed by atoms with Crippen molar-refractivity contribution in [2.75, 3.05) is 0 Å². The molecule has 0 spiro atoms. The lowest BCUT2D eigenvalue weighted by atomic mass is 9.43. The van der Waals surface area contributed by atoms with Crippen molar-refractivity contribution < 1.29 is 10.2 Å². The molecule has 0 aromatic carbocycles. The molecular formula is C21H37NO2. The van der Waals surface area contributed by atoms with E-state index in [0.29, 0.717) is 23.7 Å². The highest BCUT2D eigenvalue weighted by Crippen LogP contribution is 2.67. The summed E-state index contributed by atoms with van der Waals surface area (Å²) in [6.07, 6.45) is 8.67. The van der Waals surface area contributed by atoms with Crippen molar-refractivity contribution in [3.63, 3.8) is 0 Å². The van der Waals surface area contributed by atoms with E-state index >= 15 is 0 Å². The predicted molar refractivity (Wildman–Crippen MR) is 96.3 cm³/mol. The van der Waals surface area contributed by atoms with Crippen LogP contribution in [0.2, 0.25) is 0 Å². The second-order valence-electron chi connectivity index (χ2n) is 10.3. The van der Waals surface area contributed by atoms with Gasteiger partial charge in [0.1, 0.15) is 0 Å². The molecule has 10 atom stereocenters. The Kier molecular flexibility index (Phi) is 4.10. The third-order valence-electron chi connectivity index (χ3n) is 9.27. The molecule has 24 heavy (non-hydrogen) atoms. The van der Waals surface area contributed by atoms with Gasteiger partial charge >= 0.3 is 0 Å². The first-order chi connectivity index (χ1) is 11.3. The van der Waals surface area contributed by atoms with E-state index in [4.69, 9.17) is 5.73 Å². The average molecular weight is 336 g/mol. The molecule has 4 N–H and O–H groups in total. The summed E-state index contributed by atoms with van der Waals surface area (Å²) in [4.78, 5) is 0. The standard InChI is InChI=1S/C21H37NO2/c1-12(22)16-6-7-17-15-5-4-13-10-14(23)8-9-20(13,2)19(15)18(24)11-21(16,17)3/h12-19,23-24H,4-11,22H2,1-3H3/t12?,13?,14?,15?,16?,17?,18?,19?,20?,21-/m1/s1. The van der Waals surface area contributed by atoms with Crippen LogP contribution in [0.15, 0.2) is 0 Å². The molecule has 4 saturated carbocycles. The number of aliphatic hydroxyl groups is 2. The van der Waals surface area contributed by atoms with Crippen LogP contribution in [0.3, 0.4) is 0 Å². The van der Waals surface area contributed by atoms with Crippen LogP contribution in [0.1, 0.15) is 72.1 Å². The maximum Gasteiger partial charge on any atom is 0.0581 e. The van der Waals surface area contributed by atoms with Crippen LogP contribution in [0, 0.1) is 40.4 Å². The lowest BCUT2D eigenvalue weighted by Crippen LogP contribution is -2.59. The summed E-state index contributed by atoms with van der Waals surface area (Å²) in [6, 6.07) is 0.237. The maximum absolute atomic E-state index is 11.3. The van der Waals surface area contributed by atoms with E-state index in [0.717, 1.165) is 31.6 Å². The predicted octanol–water partition coefficient (Wildman–Crippen LogP) is 3.32. The highest BCUT2D eigenvalue weighted by Gasteiger charge is 2.63. The average Bonchev–Trinajstić information content (AvgIpc) is 2.84. The molecule has 4 rings (SSSR count). The first-order valence-corrected chi connectivity index (χ1v) is 10.4. The lowest BCUT2D eigenvalue weighted by Gasteiger charge is -2.62. The molecule has 4 fully saturated rings. The van der Waals surface area contributed by atoms with Gasteiger partial charge in [0.05, 0.1) is 12.2 Å². The van der Waals surface area contributed by atoms with Crippen molar-refractivity contribution in [3.8, 4) is 0 Å². The minimum absolute atomic E-state index is 0.112. The summed E-state index contributed by atoms with van der Waals surface area (Å²) in [5.74, 6) is 3.02. The number of rotatable bonds is 1. The zero-order chi connectivity index (χ0) is 17.3. The maximum atomic E-state index is 11.3. The fraction of sp³-hybridized carbons (Fsp3) is 1.00. The highest BCUT2D eigenvalue weighted by molar-refractivity contribution is 5.12. The highest BCUT2D eigenvalue weighted by atomic mass is 16.3. The smallest absolute Gasteiger partial charge is 0.0581 e. The zero-order valence-corrected chi connectivity index (χ0v) is 15.7. The summed E-state index contributed by atoms with van der Waals surface area (Å²) in [5, 5.41) is 21.4. The summed E-state index contributed by atoms with van der Waals surface area (Å²) in [6.45, 7) is 7.03.